The molecule has 2 amide bonds. The van der Waals surface area contributed by atoms with Crippen molar-refractivity contribution in [2.75, 3.05) is 38.5 Å². The van der Waals surface area contributed by atoms with Gasteiger partial charge in [0.2, 0.25) is 11.8 Å². The molecule has 206 valence electrons. The van der Waals surface area contributed by atoms with Gasteiger partial charge in [0.15, 0.2) is 0 Å². The van der Waals surface area contributed by atoms with Crippen LogP contribution in [0.1, 0.15) is 39.2 Å². The van der Waals surface area contributed by atoms with Gasteiger partial charge in [-0.2, -0.15) is 0 Å². The summed E-state index contributed by atoms with van der Waals surface area (Å²) in [5.74, 6) is -2.64. The number of hydrogen-bond donors (Lipinski definition) is 2. The number of nitrogens with zero attached hydrogens (tertiary/aromatic N) is 2. The number of hydrogen-bond acceptors (Lipinski definition) is 4. The van der Waals surface area contributed by atoms with Crippen LogP contribution in [0.4, 0.5) is 14.5 Å². The van der Waals surface area contributed by atoms with Crippen molar-refractivity contribution in [3.8, 4) is 0 Å². The lowest BCUT2D eigenvalue weighted by molar-refractivity contribution is -0.136. The van der Waals surface area contributed by atoms with E-state index in [9.17, 15) is 14.0 Å². The highest BCUT2D eigenvalue weighted by atomic mass is 35.5. The Morgan fingerprint density at radius 1 is 1.16 bits per heavy atom. The molecule has 5 atom stereocenters. The van der Waals surface area contributed by atoms with Crippen molar-refractivity contribution in [2.45, 2.75) is 51.1 Å². The Kier molecular flexibility index (Phi) is 7.16. The van der Waals surface area contributed by atoms with Crippen molar-refractivity contribution in [1.82, 2.24) is 15.1 Å². The third-order valence-corrected chi connectivity index (χ3v) is 9.09. The van der Waals surface area contributed by atoms with Gasteiger partial charge in [0.05, 0.1) is 21.5 Å². The van der Waals surface area contributed by atoms with Crippen molar-refractivity contribution in [3.63, 3.8) is 0 Å². The molecule has 1 spiro atoms. The molecule has 1 unspecified atom stereocenters. The summed E-state index contributed by atoms with van der Waals surface area (Å²) in [5.41, 5.74) is -0.598. The van der Waals surface area contributed by atoms with Crippen LogP contribution in [-0.2, 0) is 15.0 Å². The molecule has 4 aliphatic rings. The van der Waals surface area contributed by atoms with Gasteiger partial charge in [-0.05, 0) is 55.0 Å². The normalized spacial score (nSPS) is 31.8. The molecule has 1 aliphatic carbocycles. The monoisotopic (exact) mass is 566 g/mol. The summed E-state index contributed by atoms with van der Waals surface area (Å²) in [7, 11) is 2.02. The van der Waals surface area contributed by atoms with Crippen LogP contribution in [0.2, 0.25) is 5.02 Å². The number of allylic oxidation sites excluding steroid dienone is 4. The highest BCUT2D eigenvalue weighted by Crippen LogP contribution is 2.57. The van der Waals surface area contributed by atoms with E-state index in [4.69, 9.17) is 23.2 Å². The predicted octanol–water partition coefficient (Wildman–Crippen LogP) is 4.83. The highest BCUT2D eigenvalue weighted by Gasteiger charge is 2.67. The molecule has 0 bridgehead atoms. The van der Waals surface area contributed by atoms with Crippen LogP contribution in [0, 0.1) is 23.1 Å². The first kappa shape index (κ1) is 27.6. The zero-order valence-electron chi connectivity index (χ0n) is 22.1. The Bertz CT molecular complexity index is 1220. The predicted molar refractivity (Wildman–Crippen MR) is 145 cm³/mol. The van der Waals surface area contributed by atoms with Crippen molar-refractivity contribution >= 4 is 40.7 Å². The number of fused-ring (bicyclic) bond motifs is 2. The molecular weight excluding hydrogens is 533 g/mol. The van der Waals surface area contributed by atoms with Crippen LogP contribution >= 0.6 is 23.2 Å². The van der Waals surface area contributed by atoms with Crippen molar-refractivity contribution in [2.24, 2.45) is 17.3 Å². The average Bonchev–Trinajstić information content (AvgIpc) is 3.30. The van der Waals surface area contributed by atoms with Crippen LogP contribution in [-0.4, -0.2) is 66.9 Å². The first-order valence-electron chi connectivity index (χ1n) is 13.1. The minimum absolute atomic E-state index is 0.0543. The van der Waals surface area contributed by atoms with Gasteiger partial charge in [-0.3, -0.25) is 9.59 Å². The fraction of sp³-hybridized carbons (Fsp3) is 0.571. The van der Waals surface area contributed by atoms with E-state index in [1.165, 1.54) is 18.2 Å². The number of rotatable bonds is 3. The smallest absolute Gasteiger partial charge is 0.240 e. The molecule has 3 heterocycles. The Morgan fingerprint density at radius 2 is 1.84 bits per heavy atom. The van der Waals surface area contributed by atoms with Crippen LogP contribution < -0.4 is 10.6 Å². The first-order valence-corrected chi connectivity index (χ1v) is 13.8. The summed E-state index contributed by atoms with van der Waals surface area (Å²) in [4.78, 5) is 32.3. The summed E-state index contributed by atoms with van der Waals surface area (Å²) < 4.78 is 29.3. The second-order valence-electron chi connectivity index (χ2n) is 12.2. The molecule has 10 heteroatoms. The van der Waals surface area contributed by atoms with Gasteiger partial charge in [-0.25, -0.2) is 8.78 Å². The van der Waals surface area contributed by atoms with Gasteiger partial charge in [0.25, 0.3) is 0 Å². The SMILES string of the molecule is CN1CCN(C(=O)[C@@H]2N[C@H](CC(C)(C)C)[C@]3(C(=O)Nc4cc(Cl)c(F)cc43)[C@H]2C2C=CC(F)=C(Cl)C2)CC1. The number of halogens is 4. The lowest BCUT2D eigenvalue weighted by Gasteiger charge is -2.41. The summed E-state index contributed by atoms with van der Waals surface area (Å²) in [6, 6.07) is 1.52. The van der Waals surface area contributed by atoms with E-state index in [-0.39, 0.29) is 33.7 Å². The van der Waals surface area contributed by atoms with Gasteiger partial charge in [0.1, 0.15) is 11.6 Å². The van der Waals surface area contributed by atoms with Gasteiger partial charge in [-0.15, -0.1) is 0 Å². The minimum atomic E-state index is -1.29. The lowest BCUT2D eigenvalue weighted by Crippen LogP contribution is -2.55. The molecule has 0 radical (unpaired) electrons. The van der Waals surface area contributed by atoms with Crippen LogP contribution in [0.5, 0.6) is 0 Å². The van der Waals surface area contributed by atoms with Gasteiger partial charge < -0.3 is 20.4 Å². The summed E-state index contributed by atoms with van der Waals surface area (Å²) >= 11 is 12.4. The van der Waals surface area contributed by atoms with E-state index >= 15 is 4.39 Å². The van der Waals surface area contributed by atoms with Gasteiger partial charge >= 0.3 is 0 Å². The lowest BCUT2D eigenvalue weighted by atomic mass is 9.60. The Morgan fingerprint density at radius 3 is 2.47 bits per heavy atom. The Hall–Kier alpha value is -2.00. The van der Waals surface area contributed by atoms with E-state index in [0.29, 0.717) is 30.8 Å². The van der Waals surface area contributed by atoms with Gasteiger partial charge in [-0.1, -0.05) is 50.0 Å². The second kappa shape index (κ2) is 9.88. The van der Waals surface area contributed by atoms with Crippen molar-refractivity contribution in [3.05, 3.63) is 51.5 Å². The number of carbonyl (C=O) groups excluding carboxylic acids is 2. The molecule has 0 saturated carbocycles. The van der Waals surface area contributed by atoms with E-state index in [2.05, 4.69) is 36.3 Å². The quantitative estimate of drug-likeness (QED) is 0.550. The van der Waals surface area contributed by atoms with E-state index < -0.39 is 41.0 Å². The number of anilines is 1. The zero-order valence-corrected chi connectivity index (χ0v) is 23.6. The highest BCUT2D eigenvalue weighted by molar-refractivity contribution is 6.31. The maximum atomic E-state index is 15.0. The number of carbonyl (C=O) groups is 2. The van der Waals surface area contributed by atoms with Crippen LogP contribution in [0.15, 0.2) is 35.1 Å². The molecule has 6 nitrogen and oxygen atoms in total. The number of likely N-dealkylation sites (N-methyl/N-ethyl adjacent to an activating group) is 1. The topological polar surface area (TPSA) is 64.7 Å². The molecule has 2 N–H and O–H groups in total. The molecule has 1 aromatic carbocycles. The third-order valence-electron chi connectivity index (χ3n) is 8.47. The Labute approximate surface area is 232 Å². The van der Waals surface area contributed by atoms with Gasteiger partial charge in [0, 0.05) is 43.8 Å². The fourth-order valence-corrected chi connectivity index (χ4v) is 7.15. The molecule has 5 rings (SSSR count). The molecule has 2 saturated heterocycles. The Balaban J connectivity index is 1.68. The minimum Gasteiger partial charge on any atom is -0.339 e. The van der Waals surface area contributed by atoms with Crippen LogP contribution in [0.25, 0.3) is 0 Å². The largest absolute Gasteiger partial charge is 0.339 e. The van der Waals surface area contributed by atoms with E-state index in [1.807, 2.05) is 11.9 Å². The van der Waals surface area contributed by atoms with E-state index in [1.54, 1.807) is 6.08 Å². The number of benzene rings is 1. The molecule has 0 aromatic heterocycles. The summed E-state index contributed by atoms with van der Waals surface area (Å²) in [5, 5.41) is 6.47. The number of piperazine rings is 1. The summed E-state index contributed by atoms with van der Waals surface area (Å²) in [6.07, 6.45) is 3.71. The summed E-state index contributed by atoms with van der Waals surface area (Å²) in [6.45, 7) is 8.84. The molecule has 1 aromatic rings. The standard InChI is InChI=1S/C28H34Cl2F2N4O2/c1-27(2,3)14-22-28(16-12-20(32)18(30)13-21(16)33-26(28)38)23(15-5-6-19(31)17(29)11-15)24(34-22)25(37)36-9-7-35(4)8-10-36/h5-6,12-13,15,22-24,34H,7-11,14H2,1-4H3,(H,33,38)/t15?,22-,23+,24-,28+/m1/s1. The third kappa shape index (κ3) is 4.57. The fourth-order valence-electron chi connectivity index (χ4n) is 6.75. The second-order valence-corrected chi connectivity index (χ2v) is 13.1. The average molecular weight is 568 g/mol. The maximum absolute atomic E-state index is 15.0. The molecule has 38 heavy (non-hydrogen) atoms. The number of nitrogens with one attached hydrogen (secondary N) is 2. The maximum Gasteiger partial charge on any atom is 0.240 e. The number of amides is 2. The van der Waals surface area contributed by atoms with Crippen LogP contribution in [0.3, 0.4) is 0 Å². The zero-order chi connectivity index (χ0) is 27.6. The van der Waals surface area contributed by atoms with E-state index in [0.717, 1.165) is 13.1 Å². The molecule has 2 fully saturated rings. The van der Waals surface area contributed by atoms with Crippen molar-refractivity contribution in [1.29, 1.82) is 0 Å². The molecule has 3 aliphatic heterocycles. The first-order chi connectivity index (χ1) is 17.8. The molecular formula is C28H34Cl2F2N4O2. The van der Waals surface area contributed by atoms with Crippen molar-refractivity contribution < 1.29 is 18.4 Å².